The Morgan fingerprint density at radius 1 is 1.23 bits per heavy atom. The number of nitrogens with zero attached hydrogens (tertiary/aromatic N) is 2. The monoisotopic (exact) mass is 315 g/mol. The largest absolute Gasteiger partial charge is 0.442 e. The summed E-state index contributed by atoms with van der Waals surface area (Å²) in [5, 5.41) is 8.46. The van der Waals surface area contributed by atoms with Crippen LogP contribution in [-0.4, -0.2) is 15.6 Å². The van der Waals surface area contributed by atoms with Crippen LogP contribution in [0.2, 0.25) is 0 Å². The summed E-state index contributed by atoms with van der Waals surface area (Å²) in [5.41, 5.74) is 0.722. The molecule has 6 nitrogen and oxygen atoms in total. The summed E-state index contributed by atoms with van der Waals surface area (Å²) < 4.78 is 5.90. The molecule has 1 aromatic carbocycles. The lowest BCUT2D eigenvalue weighted by Crippen LogP contribution is -2.30. The van der Waals surface area contributed by atoms with Crippen molar-refractivity contribution in [3.8, 4) is 11.4 Å². The van der Waals surface area contributed by atoms with E-state index in [9.17, 15) is 9.59 Å². The first kappa shape index (κ1) is 14.3. The molecule has 0 spiro atoms. The van der Waals surface area contributed by atoms with Crippen LogP contribution in [0.25, 0.3) is 11.4 Å². The first-order valence-corrected chi connectivity index (χ1v) is 7.53. The molecule has 3 rings (SSSR count). The minimum Gasteiger partial charge on any atom is -0.350 e. The maximum Gasteiger partial charge on any atom is 0.442 e. The smallest absolute Gasteiger partial charge is 0.350 e. The fourth-order valence-corrected chi connectivity index (χ4v) is 2.65. The van der Waals surface area contributed by atoms with Crippen LogP contribution in [0.5, 0.6) is 0 Å². The van der Waals surface area contributed by atoms with Crippen molar-refractivity contribution >= 4 is 17.2 Å². The zero-order chi connectivity index (χ0) is 15.4. The van der Waals surface area contributed by atoms with Crippen molar-refractivity contribution in [3.63, 3.8) is 0 Å². The predicted molar refractivity (Wildman–Crippen MR) is 82.4 cm³/mol. The van der Waals surface area contributed by atoms with E-state index in [1.54, 1.807) is 23.5 Å². The Balaban J connectivity index is 1.74. The Hall–Kier alpha value is -2.67. The summed E-state index contributed by atoms with van der Waals surface area (Å²) >= 11 is 1.56. The molecule has 0 atom stereocenters. The van der Waals surface area contributed by atoms with Crippen LogP contribution in [0.4, 0.5) is 0 Å². The maximum atomic E-state index is 12.0. The van der Waals surface area contributed by atoms with Crippen molar-refractivity contribution in [1.29, 1.82) is 0 Å². The maximum absolute atomic E-state index is 12.0. The van der Waals surface area contributed by atoms with Gasteiger partial charge in [0.1, 0.15) is 6.54 Å². The third-order valence-corrected chi connectivity index (χ3v) is 3.94. The third-order valence-electron chi connectivity index (χ3n) is 3.06. The van der Waals surface area contributed by atoms with Crippen LogP contribution in [-0.2, 0) is 17.9 Å². The number of aromatic nitrogens is 2. The topological polar surface area (TPSA) is 77.1 Å². The first-order valence-electron chi connectivity index (χ1n) is 6.65. The SMILES string of the molecule is O=C(Cn1c(-c2ccccc2)noc1=O)NCc1cccs1. The van der Waals surface area contributed by atoms with Crippen LogP contribution in [0.1, 0.15) is 4.88 Å². The van der Waals surface area contributed by atoms with Gasteiger partial charge in [0.2, 0.25) is 5.91 Å². The van der Waals surface area contributed by atoms with Crippen LogP contribution < -0.4 is 11.1 Å². The predicted octanol–water partition coefficient (Wildman–Crippen LogP) is 1.88. The summed E-state index contributed by atoms with van der Waals surface area (Å²) in [5.74, 6) is -0.571. The normalized spacial score (nSPS) is 10.5. The Morgan fingerprint density at radius 2 is 2.05 bits per heavy atom. The number of nitrogens with one attached hydrogen (secondary N) is 1. The molecule has 2 heterocycles. The van der Waals surface area contributed by atoms with Crippen LogP contribution in [0.15, 0.2) is 57.2 Å². The number of thiophene rings is 1. The second-order valence-electron chi connectivity index (χ2n) is 4.58. The Bertz CT molecular complexity index is 806. The number of amides is 1. The van der Waals surface area contributed by atoms with E-state index in [-0.39, 0.29) is 12.5 Å². The molecule has 7 heteroatoms. The van der Waals surface area contributed by atoms with Crippen molar-refractivity contribution in [2.45, 2.75) is 13.1 Å². The van der Waals surface area contributed by atoms with Gasteiger partial charge in [-0.25, -0.2) is 9.36 Å². The van der Waals surface area contributed by atoms with Crippen LogP contribution >= 0.6 is 11.3 Å². The van der Waals surface area contributed by atoms with E-state index in [0.717, 1.165) is 10.4 Å². The molecule has 2 aromatic heterocycles. The summed E-state index contributed by atoms with van der Waals surface area (Å²) in [7, 11) is 0. The molecule has 0 bridgehead atoms. The van der Waals surface area contributed by atoms with E-state index in [2.05, 4.69) is 15.0 Å². The summed E-state index contributed by atoms with van der Waals surface area (Å²) in [6.45, 7) is 0.315. The van der Waals surface area contributed by atoms with Gasteiger partial charge in [0.15, 0.2) is 5.82 Å². The third kappa shape index (κ3) is 3.15. The minimum absolute atomic E-state index is 0.127. The molecule has 22 heavy (non-hydrogen) atoms. The van der Waals surface area contributed by atoms with Gasteiger partial charge in [-0.2, -0.15) is 0 Å². The zero-order valence-corrected chi connectivity index (χ0v) is 12.4. The number of hydrogen-bond acceptors (Lipinski definition) is 5. The van der Waals surface area contributed by atoms with Gasteiger partial charge in [-0.1, -0.05) is 41.6 Å². The highest BCUT2D eigenvalue weighted by atomic mass is 32.1. The van der Waals surface area contributed by atoms with Crippen molar-refractivity contribution in [3.05, 3.63) is 63.3 Å². The zero-order valence-electron chi connectivity index (χ0n) is 11.6. The lowest BCUT2D eigenvalue weighted by atomic mass is 10.2. The quantitative estimate of drug-likeness (QED) is 0.780. The van der Waals surface area contributed by atoms with Gasteiger partial charge >= 0.3 is 5.76 Å². The van der Waals surface area contributed by atoms with Gasteiger partial charge in [0.05, 0.1) is 6.54 Å². The Morgan fingerprint density at radius 3 is 2.77 bits per heavy atom. The van der Waals surface area contributed by atoms with Crippen molar-refractivity contribution < 1.29 is 9.32 Å². The van der Waals surface area contributed by atoms with Crippen molar-refractivity contribution in [1.82, 2.24) is 15.0 Å². The highest BCUT2D eigenvalue weighted by Gasteiger charge is 2.15. The molecule has 3 aromatic rings. The molecular formula is C15H13N3O3S. The minimum atomic E-state index is -0.648. The molecule has 0 aliphatic carbocycles. The number of benzene rings is 1. The molecule has 0 aliphatic rings. The summed E-state index contributed by atoms with van der Waals surface area (Å²) in [6.07, 6.45) is 0. The molecule has 0 aliphatic heterocycles. The standard InChI is InChI=1S/C15H13N3O3S/c19-13(16-9-12-7-4-8-22-12)10-18-14(17-21-15(18)20)11-5-2-1-3-6-11/h1-8H,9-10H2,(H,16,19). The number of hydrogen-bond donors (Lipinski definition) is 1. The van der Waals surface area contributed by atoms with Gasteiger partial charge in [-0.3, -0.25) is 9.32 Å². The molecule has 0 radical (unpaired) electrons. The van der Waals surface area contributed by atoms with Gasteiger partial charge in [-0.15, -0.1) is 11.3 Å². The molecule has 0 saturated heterocycles. The summed E-state index contributed by atoms with van der Waals surface area (Å²) in [4.78, 5) is 24.8. The molecule has 0 fully saturated rings. The number of rotatable bonds is 5. The molecule has 0 saturated carbocycles. The lowest BCUT2D eigenvalue weighted by Gasteiger charge is -2.05. The van der Waals surface area contributed by atoms with Crippen LogP contribution in [0.3, 0.4) is 0 Å². The van der Waals surface area contributed by atoms with Crippen molar-refractivity contribution in [2.75, 3.05) is 0 Å². The van der Waals surface area contributed by atoms with E-state index < -0.39 is 5.76 Å². The fourth-order valence-electron chi connectivity index (χ4n) is 2.00. The van der Waals surface area contributed by atoms with E-state index in [1.807, 2.05) is 35.7 Å². The molecule has 112 valence electrons. The van der Waals surface area contributed by atoms with Crippen molar-refractivity contribution in [2.24, 2.45) is 0 Å². The van der Waals surface area contributed by atoms with E-state index >= 15 is 0 Å². The van der Waals surface area contributed by atoms with Gasteiger partial charge in [0.25, 0.3) is 0 Å². The molecule has 1 amide bonds. The van der Waals surface area contributed by atoms with E-state index in [1.165, 1.54) is 4.57 Å². The first-order chi connectivity index (χ1) is 10.7. The number of carbonyl (C=O) groups excluding carboxylic acids is 1. The Kier molecular flexibility index (Phi) is 4.15. The Labute approximate surface area is 130 Å². The highest BCUT2D eigenvalue weighted by Crippen LogP contribution is 2.14. The highest BCUT2D eigenvalue weighted by molar-refractivity contribution is 7.09. The van der Waals surface area contributed by atoms with Gasteiger partial charge in [-0.05, 0) is 11.4 Å². The average molecular weight is 315 g/mol. The number of carbonyl (C=O) groups is 1. The fraction of sp³-hybridized carbons (Fsp3) is 0.133. The molecular weight excluding hydrogens is 302 g/mol. The van der Waals surface area contributed by atoms with E-state index in [4.69, 9.17) is 0 Å². The second kappa shape index (κ2) is 6.40. The lowest BCUT2D eigenvalue weighted by molar-refractivity contribution is -0.121. The van der Waals surface area contributed by atoms with Gasteiger partial charge in [0, 0.05) is 10.4 Å². The molecule has 1 N–H and O–H groups in total. The summed E-state index contributed by atoms with van der Waals surface area (Å²) in [6, 6.07) is 13.0. The molecule has 0 unspecified atom stereocenters. The van der Waals surface area contributed by atoms with E-state index in [0.29, 0.717) is 12.4 Å². The average Bonchev–Trinajstić information content (AvgIpc) is 3.17. The second-order valence-corrected chi connectivity index (χ2v) is 5.61. The van der Waals surface area contributed by atoms with Crippen LogP contribution in [0, 0.1) is 0 Å². The van der Waals surface area contributed by atoms with Gasteiger partial charge < -0.3 is 5.32 Å².